The summed E-state index contributed by atoms with van der Waals surface area (Å²) in [6.45, 7) is 0.968. The average Bonchev–Trinajstić information content (AvgIpc) is 2.76. The van der Waals surface area contributed by atoms with Crippen LogP contribution in [0.3, 0.4) is 0 Å². The Morgan fingerprint density at radius 2 is 2.27 bits per heavy atom. The number of ether oxygens (including phenoxy) is 1. The molecule has 116 valence electrons. The van der Waals surface area contributed by atoms with Crippen LogP contribution in [-0.4, -0.2) is 28.5 Å². The summed E-state index contributed by atoms with van der Waals surface area (Å²) in [5, 5.41) is 10.5. The smallest absolute Gasteiger partial charge is 0.407 e. The van der Waals surface area contributed by atoms with Gasteiger partial charge in [0.25, 0.3) is 0 Å². The van der Waals surface area contributed by atoms with Gasteiger partial charge in [-0.25, -0.2) is 4.79 Å². The molecular formula is C16H20N4O2. The predicted octanol–water partition coefficient (Wildman–Crippen LogP) is 2.07. The zero-order valence-electron chi connectivity index (χ0n) is 12.6. The molecule has 0 saturated heterocycles. The van der Waals surface area contributed by atoms with E-state index < -0.39 is 0 Å². The van der Waals surface area contributed by atoms with Gasteiger partial charge in [0.2, 0.25) is 0 Å². The molecule has 0 fully saturated rings. The monoisotopic (exact) mass is 300 g/mol. The van der Waals surface area contributed by atoms with E-state index in [9.17, 15) is 4.79 Å². The first-order chi connectivity index (χ1) is 10.7. The average molecular weight is 300 g/mol. The Labute approximate surface area is 129 Å². The third kappa shape index (κ3) is 3.39. The van der Waals surface area contributed by atoms with E-state index in [4.69, 9.17) is 4.74 Å². The van der Waals surface area contributed by atoms with Crippen LogP contribution in [0.1, 0.15) is 17.7 Å². The molecule has 0 aliphatic carbocycles. The maximum Gasteiger partial charge on any atom is 0.407 e. The number of aryl methyl sites for hydroxylation is 1. The lowest BCUT2D eigenvalue weighted by Crippen LogP contribution is -2.39. The number of hydrogen-bond acceptors (Lipinski definition) is 4. The number of hydrogen-bond donors (Lipinski definition) is 2. The van der Waals surface area contributed by atoms with Crippen molar-refractivity contribution in [3.8, 4) is 0 Å². The summed E-state index contributed by atoms with van der Waals surface area (Å²) in [5.41, 5.74) is 3.20. The Bertz CT molecular complexity index is 639. The molecule has 1 atom stereocenters. The quantitative estimate of drug-likeness (QED) is 0.910. The highest BCUT2D eigenvalue weighted by molar-refractivity contribution is 5.67. The zero-order chi connectivity index (χ0) is 15.4. The van der Waals surface area contributed by atoms with Gasteiger partial charge in [0.15, 0.2) is 0 Å². The fraction of sp³-hybridized carbons (Fsp3) is 0.375. The highest BCUT2D eigenvalue weighted by Gasteiger charge is 2.20. The van der Waals surface area contributed by atoms with Crippen molar-refractivity contribution in [1.29, 1.82) is 0 Å². The molecule has 1 aromatic carbocycles. The first-order valence-corrected chi connectivity index (χ1v) is 7.44. The van der Waals surface area contributed by atoms with Crippen molar-refractivity contribution in [3.63, 3.8) is 0 Å². The van der Waals surface area contributed by atoms with E-state index in [2.05, 4.69) is 15.7 Å². The SMILES string of the molecule is Cn1ncc2c1CC[C@H](NC(=O)OCc1ccccc1)CN2. The van der Waals surface area contributed by atoms with Crippen LogP contribution in [0.5, 0.6) is 0 Å². The molecule has 1 aliphatic rings. The summed E-state index contributed by atoms with van der Waals surface area (Å²) in [7, 11) is 1.93. The molecule has 6 nitrogen and oxygen atoms in total. The molecule has 0 saturated carbocycles. The lowest BCUT2D eigenvalue weighted by molar-refractivity contribution is 0.135. The minimum atomic E-state index is -0.375. The number of anilines is 1. The Kier molecular flexibility index (Phi) is 4.27. The maximum absolute atomic E-state index is 11.9. The Balaban J connectivity index is 1.48. The normalized spacial score (nSPS) is 17.0. The highest BCUT2D eigenvalue weighted by atomic mass is 16.5. The first kappa shape index (κ1) is 14.4. The van der Waals surface area contributed by atoms with Crippen molar-refractivity contribution in [2.75, 3.05) is 11.9 Å². The molecule has 0 spiro atoms. The third-order valence-corrected chi connectivity index (χ3v) is 3.86. The van der Waals surface area contributed by atoms with Crippen LogP contribution in [-0.2, 0) is 24.8 Å². The lowest BCUT2D eigenvalue weighted by Gasteiger charge is -2.16. The summed E-state index contributed by atoms with van der Waals surface area (Å²) in [5.74, 6) is 0. The second-order valence-electron chi connectivity index (χ2n) is 5.45. The van der Waals surface area contributed by atoms with Crippen LogP contribution in [0.2, 0.25) is 0 Å². The lowest BCUT2D eigenvalue weighted by atomic mass is 10.1. The number of carbonyl (C=O) groups is 1. The second-order valence-corrected chi connectivity index (χ2v) is 5.45. The molecule has 1 amide bonds. The maximum atomic E-state index is 11.9. The van der Waals surface area contributed by atoms with Crippen LogP contribution in [0.15, 0.2) is 36.5 Å². The van der Waals surface area contributed by atoms with E-state index in [1.165, 1.54) is 5.69 Å². The van der Waals surface area contributed by atoms with Gasteiger partial charge in [-0.3, -0.25) is 4.68 Å². The van der Waals surface area contributed by atoms with Crippen molar-refractivity contribution in [1.82, 2.24) is 15.1 Å². The summed E-state index contributed by atoms with van der Waals surface area (Å²) >= 11 is 0. The molecule has 22 heavy (non-hydrogen) atoms. The van der Waals surface area contributed by atoms with Gasteiger partial charge >= 0.3 is 6.09 Å². The summed E-state index contributed by atoms with van der Waals surface area (Å²) < 4.78 is 7.13. The number of fused-ring (bicyclic) bond motifs is 1. The fourth-order valence-electron chi connectivity index (χ4n) is 2.61. The number of benzene rings is 1. The van der Waals surface area contributed by atoms with Gasteiger partial charge in [-0.1, -0.05) is 30.3 Å². The fourth-order valence-corrected chi connectivity index (χ4v) is 2.61. The van der Waals surface area contributed by atoms with Crippen LogP contribution in [0.25, 0.3) is 0 Å². The molecule has 0 bridgehead atoms. The van der Waals surface area contributed by atoms with Crippen LogP contribution < -0.4 is 10.6 Å². The molecule has 0 unspecified atom stereocenters. The molecule has 2 heterocycles. The molecule has 3 rings (SSSR count). The van der Waals surface area contributed by atoms with Crippen molar-refractivity contribution in [2.45, 2.75) is 25.5 Å². The van der Waals surface area contributed by atoms with E-state index in [1.54, 1.807) is 0 Å². The van der Waals surface area contributed by atoms with Gasteiger partial charge in [-0.05, 0) is 18.4 Å². The van der Waals surface area contributed by atoms with Gasteiger partial charge in [0.1, 0.15) is 6.61 Å². The number of nitrogens with zero attached hydrogens (tertiary/aromatic N) is 2. The molecule has 2 N–H and O–H groups in total. The van der Waals surface area contributed by atoms with Crippen molar-refractivity contribution >= 4 is 11.8 Å². The molecule has 0 radical (unpaired) electrons. The highest BCUT2D eigenvalue weighted by Crippen LogP contribution is 2.20. The Morgan fingerprint density at radius 3 is 3.09 bits per heavy atom. The van der Waals surface area contributed by atoms with Crippen LogP contribution >= 0.6 is 0 Å². The number of aromatic nitrogens is 2. The van der Waals surface area contributed by atoms with E-state index in [-0.39, 0.29) is 18.7 Å². The number of rotatable bonds is 3. The standard InChI is InChI=1S/C16H20N4O2/c1-20-15-8-7-13(9-17-14(15)10-18-20)19-16(21)22-11-12-5-3-2-4-6-12/h2-6,10,13,17H,7-9,11H2,1H3,(H,19,21)/t13-/m0/s1. The number of amides is 1. The number of nitrogens with one attached hydrogen (secondary N) is 2. The van der Waals surface area contributed by atoms with Crippen molar-refractivity contribution < 1.29 is 9.53 Å². The van der Waals surface area contributed by atoms with Gasteiger partial charge in [-0.2, -0.15) is 5.10 Å². The van der Waals surface area contributed by atoms with E-state index >= 15 is 0 Å². The minimum absolute atomic E-state index is 0.0515. The van der Waals surface area contributed by atoms with Gasteiger partial charge in [0.05, 0.1) is 17.6 Å². The number of carbonyl (C=O) groups excluding carboxylic acids is 1. The molecule has 1 aliphatic heterocycles. The zero-order valence-corrected chi connectivity index (χ0v) is 12.6. The van der Waals surface area contributed by atoms with Gasteiger partial charge in [-0.15, -0.1) is 0 Å². The van der Waals surface area contributed by atoms with Crippen LogP contribution in [0.4, 0.5) is 10.5 Å². The van der Waals surface area contributed by atoms with E-state index in [0.717, 1.165) is 24.1 Å². The van der Waals surface area contributed by atoms with Crippen molar-refractivity contribution in [2.24, 2.45) is 7.05 Å². The molecule has 1 aromatic heterocycles. The molecule has 2 aromatic rings. The van der Waals surface area contributed by atoms with E-state index in [1.807, 2.05) is 48.3 Å². The van der Waals surface area contributed by atoms with E-state index in [0.29, 0.717) is 6.54 Å². The van der Waals surface area contributed by atoms with Gasteiger partial charge in [0, 0.05) is 19.6 Å². The minimum Gasteiger partial charge on any atom is -0.445 e. The first-order valence-electron chi connectivity index (χ1n) is 7.44. The topological polar surface area (TPSA) is 68.2 Å². The number of alkyl carbamates (subject to hydrolysis) is 1. The summed E-state index contributed by atoms with van der Waals surface area (Å²) in [4.78, 5) is 11.9. The van der Waals surface area contributed by atoms with Crippen molar-refractivity contribution in [3.05, 3.63) is 47.8 Å². The second kappa shape index (κ2) is 6.51. The molecule has 6 heteroatoms. The van der Waals surface area contributed by atoms with Crippen LogP contribution in [0, 0.1) is 0 Å². The Morgan fingerprint density at radius 1 is 1.45 bits per heavy atom. The van der Waals surface area contributed by atoms with Gasteiger partial charge < -0.3 is 15.4 Å². The predicted molar refractivity (Wildman–Crippen MR) is 83.6 cm³/mol. The summed E-state index contributed by atoms with van der Waals surface area (Å²) in [6.07, 6.45) is 3.19. The summed E-state index contributed by atoms with van der Waals surface area (Å²) in [6, 6.07) is 9.71. The Hall–Kier alpha value is -2.50. The third-order valence-electron chi connectivity index (χ3n) is 3.86. The largest absolute Gasteiger partial charge is 0.445 e. The molecular weight excluding hydrogens is 280 g/mol.